The Morgan fingerprint density at radius 1 is 0.829 bits per heavy atom. The van der Waals surface area contributed by atoms with Gasteiger partial charge in [0.1, 0.15) is 17.8 Å². The number of carbonyl (C=O) groups is 3. The van der Waals surface area contributed by atoms with Crippen molar-refractivity contribution in [1.29, 1.82) is 0 Å². The number of hydrogen-bond donors (Lipinski definition) is 4. The fraction of sp³-hybridized carbons (Fsp3) is 0.300. The fourth-order valence-corrected chi connectivity index (χ4v) is 3.41. The number of benzene rings is 2. The molecule has 3 atom stereocenters. The Morgan fingerprint density at radius 3 is 1.83 bits per heavy atom. The van der Waals surface area contributed by atoms with E-state index in [1.54, 1.807) is 30.3 Å². The third-order valence-electron chi connectivity index (χ3n) is 5.70. The van der Waals surface area contributed by atoms with E-state index in [1.807, 2.05) is 6.92 Å². The number of rotatable bonds is 14. The summed E-state index contributed by atoms with van der Waals surface area (Å²) in [5.41, 5.74) is 18.5. The zero-order valence-corrected chi connectivity index (χ0v) is 23.5. The van der Waals surface area contributed by atoms with E-state index in [1.165, 1.54) is 51.5 Å². The first-order valence-electron chi connectivity index (χ1n) is 12.9. The quantitative estimate of drug-likeness (QED) is 0.0864. The molecular weight excluding hydrogens is 530 g/mol. The van der Waals surface area contributed by atoms with Crippen molar-refractivity contribution in [2.45, 2.75) is 44.8 Å². The molecule has 0 heterocycles. The van der Waals surface area contributed by atoms with Crippen LogP contribution in [0.25, 0.3) is 12.2 Å². The van der Waals surface area contributed by atoms with Crippen molar-refractivity contribution < 1.29 is 38.4 Å². The number of carbonyl (C=O) groups excluding carboxylic acids is 3. The predicted octanol–water partition coefficient (Wildman–Crippen LogP) is 3.05. The lowest BCUT2D eigenvalue weighted by atomic mass is 10.1. The van der Waals surface area contributed by atoms with Gasteiger partial charge in [0.05, 0.1) is 14.2 Å². The Bertz CT molecular complexity index is 1320. The van der Waals surface area contributed by atoms with Crippen LogP contribution in [-0.2, 0) is 14.4 Å². The molecule has 0 aliphatic rings. The first kappa shape index (κ1) is 32.8. The van der Waals surface area contributed by atoms with E-state index in [0.29, 0.717) is 23.3 Å². The summed E-state index contributed by atoms with van der Waals surface area (Å²) >= 11 is 0. The monoisotopic (exact) mass is 567 g/mol. The molecule has 2 aromatic carbocycles. The maximum Gasteiger partial charge on any atom is 0.330 e. The van der Waals surface area contributed by atoms with Gasteiger partial charge >= 0.3 is 11.9 Å². The topological polar surface area (TPSA) is 186 Å². The number of hydrogen-bond acceptors (Lipinski definition) is 11. The maximum atomic E-state index is 12.3. The SMILES string of the molecule is CCCC(N)C(N)C(=O)Oc1ccc(/C=C/C(=O)/C=C(O)/C=C/c2ccc(OC(=O)C(C)N)c(OC)c2)cc1OC. The molecular formula is C30H37N3O8. The van der Waals surface area contributed by atoms with Gasteiger partial charge < -0.3 is 41.3 Å². The standard InChI is InChI=1S/C30H37N3O8/c1-5-6-23(32)28(33)30(37)41-25-14-10-20(16-27(25)39-4)8-12-22(35)17-21(34)11-7-19-9-13-24(26(15-19)38-3)40-29(36)18(2)31/h7-18,23,28,34H,5-6,31-33H2,1-4H3/b11-7+,12-8+,21-17-. The van der Waals surface area contributed by atoms with Gasteiger partial charge in [0, 0.05) is 12.1 Å². The van der Waals surface area contributed by atoms with Gasteiger partial charge in [0.2, 0.25) is 0 Å². The number of ether oxygens (including phenoxy) is 4. The summed E-state index contributed by atoms with van der Waals surface area (Å²) in [6.07, 6.45) is 8.06. The van der Waals surface area contributed by atoms with Crippen LogP contribution in [-0.4, -0.2) is 55.2 Å². The second-order valence-corrected chi connectivity index (χ2v) is 9.07. The molecule has 7 N–H and O–H groups in total. The Morgan fingerprint density at radius 2 is 1.34 bits per heavy atom. The molecule has 11 heteroatoms. The predicted molar refractivity (Wildman–Crippen MR) is 156 cm³/mol. The highest BCUT2D eigenvalue weighted by atomic mass is 16.6. The number of nitrogens with two attached hydrogens (primary N) is 3. The van der Waals surface area contributed by atoms with E-state index in [4.69, 9.17) is 36.1 Å². The number of aliphatic hydroxyl groups excluding tert-OH is 1. The summed E-state index contributed by atoms with van der Waals surface area (Å²) in [6, 6.07) is 7.20. The van der Waals surface area contributed by atoms with Crippen LogP contribution < -0.4 is 36.1 Å². The Balaban J connectivity index is 2.06. The van der Waals surface area contributed by atoms with Crippen molar-refractivity contribution >= 4 is 29.9 Å². The van der Waals surface area contributed by atoms with Crippen LogP contribution in [0, 0.1) is 0 Å². The normalized spacial score (nSPS) is 14.0. The zero-order valence-electron chi connectivity index (χ0n) is 23.5. The van der Waals surface area contributed by atoms with Crippen molar-refractivity contribution in [3.8, 4) is 23.0 Å². The van der Waals surface area contributed by atoms with Crippen molar-refractivity contribution in [2.75, 3.05) is 14.2 Å². The second kappa shape index (κ2) is 16.0. The lowest BCUT2D eigenvalue weighted by molar-refractivity contribution is -0.137. The third kappa shape index (κ3) is 10.2. The van der Waals surface area contributed by atoms with Crippen LogP contribution in [0.2, 0.25) is 0 Å². The molecule has 3 unspecified atom stereocenters. The molecule has 0 aliphatic carbocycles. The first-order valence-corrected chi connectivity index (χ1v) is 12.9. The number of aliphatic hydroxyl groups is 1. The van der Waals surface area contributed by atoms with E-state index in [0.717, 1.165) is 12.5 Å². The molecule has 220 valence electrons. The molecule has 0 radical (unpaired) electrons. The van der Waals surface area contributed by atoms with E-state index in [-0.39, 0.29) is 23.0 Å². The number of allylic oxidation sites excluding steroid dienone is 3. The number of ketones is 1. The summed E-state index contributed by atoms with van der Waals surface area (Å²) in [6.45, 7) is 3.45. The van der Waals surface area contributed by atoms with Gasteiger partial charge in [-0.15, -0.1) is 0 Å². The molecule has 2 rings (SSSR count). The zero-order chi connectivity index (χ0) is 30.5. The molecule has 2 aromatic rings. The Hall–Kier alpha value is -4.45. The highest BCUT2D eigenvalue weighted by molar-refractivity contribution is 6.02. The molecule has 0 spiro atoms. The number of esters is 2. The van der Waals surface area contributed by atoms with E-state index in [9.17, 15) is 19.5 Å². The van der Waals surface area contributed by atoms with Crippen LogP contribution >= 0.6 is 0 Å². The minimum atomic E-state index is -0.975. The molecule has 11 nitrogen and oxygen atoms in total. The van der Waals surface area contributed by atoms with Crippen LogP contribution in [0.1, 0.15) is 37.8 Å². The second-order valence-electron chi connectivity index (χ2n) is 9.07. The average molecular weight is 568 g/mol. The van der Waals surface area contributed by atoms with Gasteiger partial charge in [0.25, 0.3) is 0 Å². The first-order chi connectivity index (χ1) is 19.5. The molecule has 0 saturated heterocycles. The average Bonchev–Trinajstić information content (AvgIpc) is 2.95. The lowest BCUT2D eigenvalue weighted by Crippen LogP contribution is -2.48. The maximum absolute atomic E-state index is 12.3. The van der Waals surface area contributed by atoms with Gasteiger partial charge in [-0.2, -0.15) is 0 Å². The van der Waals surface area contributed by atoms with E-state index < -0.39 is 35.8 Å². The molecule has 41 heavy (non-hydrogen) atoms. The molecule has 0 saturated carbocycles. The third-order valence-corrected chi connectivity index (χ3v) is 5.70. The highest BCUT2D eigenvalue weighted by Crippen LogP contribution is 2.30. The van der Waals surface area contributed by atoms with Gasteiger partial charge in [-0.3, -0.25) is 4.79 Å². The highest BCUT2D eigenvalue weighted by Gasteiger charge is 2.24. The molecule has 0 bridgehead atoms. The minimum Gasteiger partial charge on any atom is -0.508 e. The van der Waals surface area contributed by atoms with E-state index >= 15 is 0 Å². The van der Waals surface area contributed by atoms with Gasteiger partial charge in [-0.25, -0.2) is 9.59 Å². The fourth-order valence-electron chi connectivity index (χ4n) is 3.41. The van der Waals surface area contributed by atoms with Gasteiger partial charge in [-0.1, -0.05) is 37.6 Å². The minimum absolute atomic E-state index is 0.166. The molecule has 0 fully saturated rings. The lowest BCUT2D eigenvalue weighted by Gasteiger charge is -2.18. The van der Waals surface area contributed by atoms with E-state index in [2.05, 4.69) is 0 Å². The summed E-state index contributed by atoms with van der Waals surface area (Å²) in [5, 5.41) is 10.2. The van der Waals surface area contributed by atoms with Crippen LogP contribution in [0.5, 0.6) is 23.0 Å². The van der Waals surface area contributed by atoms with Crippen LogP contribution in [0.15, 0.2) is 60.4 Å². The summed E-state index contributed by atoms with van der Waals surface area (Å²) in [7, 11) is 2.83. The van der Waals surface area contributed by atoms with Crippen LogP contribution in [0.3, 0.4) is 0 Å². The van der Waals surface area contributed by atoms with Gasteiger partial charge in [-0.05, 0) is 60.9 Å². The smallest absolute Gasteiger partial charge is 0.330 e. The molecule has 0 aliphatic heterocycles. The summed E-state index contributed by atoms with van der Waals surface area (Å²) < 4.78 is 21.1. The summed E-state index contributed by atoms with van der Waals surface area (Å²) in [5.74, 6) is -1.12. The molecule has 0 amide bonds. The summed E-state index contributed by atoms with van der Waals surface area (Å²) in [4.78, 5) is 36.4. The van der Waals surface area contributed by atoms with Crippen molar-refractivity contribution in [3.05, 3.63) is 71.5 Å². The van der Waals surface area contributed by atoms with Crippen molar-refractivity contribution in [3.63, 3.8) is 0 Å². The van der Waals surface area contributed by atoms with Gasteiger partial charge in [0.15, 0.2) is 28.8 Å². The Labute approximate surface area is 239 Å². The van der Waals surface area contributed by atoms with Crippen molar-refractivity contribution in [2.24, 2.45) is 17.2 Å². The Kier molecular flexibility index (Phi) is 12.8. The number of methoxy groups -OCH3 is 2. The largest absolute Gasteiger partial charge is 0.508 e. The van der Waals surface area contributed by atoms with Crippen LogP contribution in [0.4, 0.5) is 0 Å². The van der Waals surface area contributed by atoms with Crippen molar-refractivity contribution in [1.82, 2.24) is 0 Å². The molecule has 0 aromatic heterocycles.